The van der Waals surface area contributed by atoms with Gasteiger partial charge >= 0.3 is 12.1 Å². The molecular weight excluding hydrogens is 560 g/mol. The van der Waals surface area contributed by atoms with Crippen LogP contribution in [0.2, 0.25) is 5.02 Å². The molecule has 1 aromatic heterocycles. The number of anilines is 3. The molecule has 2 aromatic rings. The van der Waals surface area contributed by atoms with Gasteiger partial charge in [0.1, 0.15) is 6.33 Å². The number of nitrogens with one attached hydrogen (secondary N) is 2. The number of halogens is 5. The van der Waals surface area contributed by atoms with E-state index in [4.69, 9.17) is 17.3 Å². The molecule has 1 aliphatic rings. The van der Waals surface area contributed by atoms with Gasteiger partial charge in [0.25, 0.3) is 6.47 Å². The van der Waals surface area contributed by atoms with Gasteiger partial charge in [0.2, 0.25) is 5.82 Å². The second kappa shape index (κ2) is 15.4. The summed E-state index contributed by atoms with van der Waals surface area (Å²) in [5.41, 5.74) is 4.97. The number of nitrogen functional groups attached to an aromatic ring is 1. The Morgan fingerprint density at radius 1 is 1.35 bits per heavy atom. The molecule has 1 aliphatic heterocycles. The molecule has 0 radical (unpaired) electrons. The third-order valence-electron chi connectivity index (χ3n) is 6.12. The number of carboxylic acids is 1. The Balaban J connectivity index is 0.00000103. The Morgan fingerprint density at radius 2 is 2.08 bits per heavy atom. The van der Waals surface area contributed by atoms with Crippen LogP contribution < -0.4 is 21.3 Å². The standard InChI is InChI=1S/C22H27ClF4N6O2.C3H6O2/c1-12(32-15-8-13(22(25,26)27)7-14(23)9-15)3-2-5-29-17-10-33(6-4-16(17)21(34)35)20-18(24)19(28)30-11-31-20;1-2-5-3-4/h7-9,11-12,16-17,29,32H,2-6,10H2,1H3,(H,34,35)(H2,28,30,31);3H,2H2,1H3. The van der Waals surface area contributed by atoms with Crippen molar-refractivity contribution < 1.29 is 37.0 Å². The number of aliphatic carboxylic acids is 1. The average Bonchev–Trinajstić information content (AvgIpc) is 2.88. The summed E-state index contributed by atoms with van der Waals surface area (Å²) in [6.07, 6.45) is -1.82. The quantitative estimate of drug-likeness (QED) is 0.170. The van der Waals surface area contributed by atoms with E-state index in [1.165, 1.54) is 6.07 Å². The molecule has 1 fully saturated rings. The Kier molecular flexibility index (Phi) is 12.6. The zero-order chi connectivity index (χ0) is 29.9. The predicted molar refractivity (Wildman–Crippen MR) is 143 cm³/mol. The number of carboxylic acid groups (broad SMARTS) is 1. The van der Waals surface area contributed by atoms with Crippen LogP contribution in [-0.4, -0.2) is 65.8 Å². The van der Waals surface area contributed by atoms with E-state index in [0.29, 0.717) is 45.4 Å². The monoisotopic (exact) mass is 592 g/mol. The molecule has 222 valence electrons. The third kappa shape index (κ3) is 9.97. The lowest BCUT2D eigenvalue weighted by Gasteiger charge is -2.38. The third-order valence-corrected chi connectivity index (χ3v) is 6.34. The molecule has 0 bridgehead atoms. The van der Waals surface area contributed by atoms with Gasteiger partial charge in [-0.25, -0.2) is 9.97 Å². The second-order valence-electron chi connectivity index (χ2n) is 9.10. The lowest BCUT2D eigenvalue weighted by Crippen LogP contribution is -2.54. The van der Waals surface area contributed by atoms with Gasteiger partial charge in [-0.15, -0.1) is 0 Å². The van der Waals surface area contributed by atoms with E-state index in [-0.39, 0.29) is 34.9 Å². The van der Waals surface area contributed by atoms with Crippen LogP contribution in [0.25, 0.3) is 0 Å². The maximum absolute atomic E-state index is 14.4. The number of ether oxygens (including phenoxy) is 1. The fraction of sp³-hybridized carbons (Fsp3) is 0.520. The topological polar surface area (TPSA) is 143 Å². The summed E-state index contributed by atoms with van der Waals surface area (Å²) in [5, 5.41) is 15.8. The number of carbonyl (C=O) groups excluding carboxylic acids is 1. The molecule has 40 heavy (non-hydrogen) atoms. The first-order chi connectivity index (χ1) is 18.9. The van der Waals surface area contributed by atoms with E-state index >= 15 is 0 Å². The number of carbonyl (C=O) groups is 2. The summed E-state index contributed by atoms with van der Waals surface area (Å²) >= 11 is 5.83. The van der Waals surface area contributed by atoms with Crippen molar-refractivity contribution >= 4 is 41.4 Å². The number of nitrogens with zero attached hydrogens (tertiary/aromatic N) is 3. The predicted octanol–water partition coefficient (Wildman–Crippen LogP) is 4.20. The zero-order valence-corrected chi connectivity index (χ0v) is 22.8. The molecule has 10 nitrogen and oxygen atoms in total. The van der Waals surface area contributed by atoms with E-state index < -0.39 is 35.5 Å². The fourth-order valence-corrected chi connectivity index (χ4v) is 4.43. The molecule has 1 saturated heterocycles. The van der Waals surface area contributed by atoms with Gasteiger partial charge in [0, 0.05) is 35.9 Å². The van der Waals surface area contributed by atoms with Crippen LogP contribution in [0.1, 0.15) is 38.7 Å². The van der Waals surface area contributed by atoms with Crippen LogP contribution in [0, 0.1) is 11.7 Å². The Morgan fingerprint density at radius 3 is 2.67 bits per heavy atom. The lowest BCUT2D eigenvalue weighted by molar-refractivity contribution is -0.143. The summed E-state index contributed by atoms with van der Waals surface area (Å²) in [5.74, 6) is -2.58. The van der Waals surface area contributed by atoms with Gasteiger partial charge in [-0.05, 0) is 57.9 Å². The van der Waals surface area contributed by atoms with E-state index in [9.17, 15) is 32.3 Å². The number of piperidine rings is 1. The molecule has 3 unspecified atom stereocenters. The van der Waals surface area contributed by atoms with Crippen molar-refractivity contribution in [2.24, 2.45) is 5.92 Å². The molecule has 0 amide bonds. The highest BCUT2D eigenvalue weighted by molar-refractivity contribution is 6.30. The molecule has 3 atom stereocenters. The summed E-state index contributed by atoms with van der Waals surface area (Å²) in [7, 11) is 0. The Labute approximate surface area is 234 Å². The highest BCUT2D eigenvalue weighted by Crippen LogP contribution is 2.33. The fourth-order valence-electron chi connectivity index (χ4n) is 4.20. The number of benzene rings is 1. The van der Waals surface area contributed by atoms with Gasteiger partial charge in [0.05, 0.1) is 18.1 Å². The summed E-state index contributed by atoms with van der Waals surface area (Å²) in [6, 6.07) is 2.69. The number of aromatic nitrogens is 2. The van der Waals surface area contributed by atoms with E-state index in [1.54, 1.807) is 11.8 Å². The maximum Gasteiger partial charge on any atom is 0.416 e. The summed E-state index contributed by atoms with van der Waals surface area (Å²) < 4.78 is 57.5. The number of rotatable bonds is 11. The zero-order valence-electron chi connectivity index (χ0n) is 22.0. The van der Waals surface area contributed by atoms with Crippen molar-refractivity contribution in [3.8, 4) is 0 Å². The van der Waals surface area contributed by atoms with Crippen molar-refractivity contribution in [3.05, 3.63) is 40.9 Å². The largest absolute Gasteiger partial charge is 0.481 e. The van der Waals surface area contributed by atoms with Crippen molar-refractivity contribution in [2.75, 3.05) is 42.2 Å². The molecule has 2 heterocycles. The lowest BCUT2D eigenvalue weighted by atomic mass is 9.91. The second-order valence-corrected chi connectivity index (χ2v) is 9.54. The highest BCUT2D eigenvalue weighted by Gasteiger charge is 2.35. The molecule has 0 aliphatic carbocycles. The molecule has 5 N–H and O–H groups in total. The Bertz CT molecular complexity index is 1130. The smallest absolute Gasteiger partial charge is 0.416 e. The minimum absolute atomic E-state index is 0.0142. The van der Waals surface area contributed by atoms with Crippen molar-refractivity contribution in [1.82, 2.24) is 15.3 Å². The minimum atomic E-state index is -4.50. The number of nitrogens with two attached hydrogens (primary N) is 1. The average molecular weight is 593 g/mol. The van der Waals surface area contributed by atoms with Gasteiger partial charge < -0.3 is 31.1 Å². The first-order valence-electron chi connectivity index (χ1n) is 12.5. The summed E-state index contributed by atoms with van der Waals surface area (Å²) in [4.78, 5) is 30.1. The SMILES string of the molecule is CC(CCCNC1CN(c2ncnc(N)c2F)CCC1C(=O)O)Nc1cc(Cl)cc(C(F)(F)F)c1.CCOC=O. The van der Waals surface area contributed by atoms with E-state index in [2.05, 4.69) is 25.3 Å². The van der Waals surface area contributed by atoms with Crippen molar-refractivity contribution in [2.45, 2.75) is 51.4 Å². The molecule has 0 saturated carbocycles. The molecular formula is C25H33ClF4N6O4. The molecule has 1 aromatic carbocycles. The van der Waals surface area contributed by atoms with Crippen molar-refractivity contribution in [1.29, 1.82) is 0 Å². The normalized spacial score (nSPS) is 17.8. The summed E-state index contributed by atoms with van der Waals surface area (Å²) in [6.45, 7) is 5.49. The number of hydrogen-bond donors (Lipinski definition) is 4. The minimum Gasteiger partial charge on any atom is -0.481 e. The van der Waals surface area contributed by atoms with Crippen LogP contribution >= 0.6 is 11.6 Å². The van der Waals surface area contributed by atoms with Crippen LogP contribution in [0.15, 0.2) is 24.5 Å². The van der Waals surface area contributed by atoms with Crippen LogP contribution in [0.4, 0.5) is 34.9 Å². The highest BCUT2D eigenvalue weighted by atomic mass is 35.5. The number of alkyl halides is 3. The number of hydrogen-bond acceptors (Lipinski definition) is 9. The Hall–Kier alpha value is -3.39. The van der Waals surface area contributed by atoms with Gasteiger partial charge in [-0.1, -0.05) is 11.6 Å². The van der Waals surface area contributed by atoms with Gasteiger partial charge in [0.15, 0.2) is 11.6 Å². The van der Waals surface area contributed by atoms with E-state index in [1.807, 2.05) is 6.92 Å². The van der Waals surface area contributed by atoms with Gasteiger partial charge in [-0.2, -0.15) is 17.6 Å². The van der Waals surface area contributed by atoms with Gasteiger partial charge in [-0.3, -0.25) is 9.59 Å². The first kappa shape index (κ1) is 32.8. The first-order valence-corrected chi connectivity index (χ1v) is 12.9. The molecule has 15 heteroatoms. The van der Waals surface area contributed by atoms with Crippen LogP contribution in [-0.2, 0) is 20.5 Å². The van der Waals surface area contributed by atoms with Crippen molar-refractivity contribution in [3.63, 3.8) is 0 Å². The molecule has 0 spiro atoms. The molecule has 3 rings (SSSR count). The maximum atomic E-state index is 14.4. The van der Waals surface area contributed by atoms with Crippen LogP contribution in [0.5, 0.6) is 0 Å². The van der Waals surface area contributed by atoms with Crippen LogP contribution in [0.3, 0.4) is 0 Å². The van der Waals surface area contributed by atoms with E-state index in [0.717, 1.165) is 18.5 Å².